The third-order valence-electron chi connectivity index (χ3n) is 5.94. The number of carbonyl (C=O) groups excluding carboxylic acids is 1. The van der Waals surface area contributed by atoms with Gasteiger partial charge in [-0.2, -0.15) is 0 Å². The molecular formula is C22H23N3O4S. The first-order chi connectivity index (χ1) is 14.6. The molecule has 0 aliphatic carbocycles. The van der Waals surface area contributed by atoms with Crippen molar-refractivity contribution in [3.63, 3.8) is 0 Å². The van der Waals surface area contributed by atoms with Gasteiger partial charge in [0.2, 0.25) is 0 Å². The molecule has 156 valence electrons. The maximum Gasteiger partial charge on any atom is 0.276 e. The van der Waals surface area contributed by atoms with Crippen LogP contribution in [0.15, 0.2) is 35.0 Å². The van der Waals surface area contributed by atoms with Gasteiger partial charge in [0.25, 0.3) is 5.91 Å². The minimum Gasteiger partial charge on any atom is -0.495 e. The highest BCUT2D eigenvalue weighted by Crippen LogP contribution is 2.46. The molecule has 7 nitrogen and oxygen atoms in total. The minimum absolute atomic E-state index is 0.0776. The molecule has 3 aromatic heterocycles. The van der Waals surface area contributed by atoms with Crippen LogP contribution in [-0.2, 0) is 16.8 Å². The highest BCUT2D eigenvalue weighted by atomic mass is 32.1. The summed E-state index contributed by atoms with van der Waals surface area (Å²) in [5, 5.41) is 3.87. The van der Waals surface area contributed by atoms with Crippen molar-refractivity contribution < 1.29 is 18.8 Å². The van der Waals surface area contributed by atoms with Gasteiger partial charge >= 0.3 is 0 Å². The molecule has 0 atom stereocenters. The maximum absolute atomic E-state index is 12.7. The van der Waals surface area contributed by atoms with Gasteiger partial charge < -0.3 is 18.9 Å². The molecule has 0 unspecified atom stereocenters. The average Bonchev–Trinajstić information content (AvgIpc) is 3.41. The van der Waals surface area contributed by atoms with E-state index in [4.69, 9.17) is 14.0 Å². The van der Waals surface area contributed by atoms with Crippen LogP contribution in [0.5, 0.6) is 5.75 Å². The van der Waals surface area contributed by atoms with Crippen molar-refractivity contribution >= 4 is 17.2 Å². The number of pyridine rings is 1. The second-order valence-electron chi connectivity index (χ2n) is 7.74. The number of hydrogen-bond donors (Lipinski definition) is 0. The predicted octanol–water partition coefficient (Wildman–Crippen LogP) is 3.82. The smallest absolute Gasteiger partial charge is 0.276 e. The molecule has 0 saturated carbocycles. The van der Waals surface area contributed by atoms with Gasteiger partial charge in [-0.1, -0.05) is 5.16 Å². The Kier molecular flexibility index (Phi) is 4.83. The number of ether oxygens (including phenoxy) is 2. The lowest BCUT2D eigenvalue weighted by Crippen LogP contribution is -2.48. The Hall–Kier alpha value is -2.71. The number of piperidine rings is 1. The summed E-state index contributed by atoms with van der Waals surface area (Å²) >= 11 is 1.79. The molecule has 0 aromatic carbocycles. The first-order valence-electron chi connectivity index (χ1n) is 10.1. The summed E-state index contributed by atoms with van der Waals surface area (Å²) in [6.07, 6.45) is 4.21. The van der Waals surface area contributed by atoms with E-state index in [1.165, 1.54) is 10.4 Å². The minimum atomic E-state index is -0.328. The zero-order valence-corrected chi connectivity index (χ0v) is 17.8. The summed E-state index contributed by atoms with van der Waals surface area (Å²) in [4.78, 5) is 21.6. The molecule has 0 N–H and O–H groups in total. The first kappa shape index (κ1) is 19.3. The normalized spacial score (nSPS) is 17.7. The Bertz CT molecular complexity index is 1060. The van der Waals surface area contributed by atoms with Gasteiger partial charge in [0.1, 0.15) is 11.5 Å². The third-order valence-corrected chi connectivity index (χ3v) is 7.15. The number of fused-ring (bicyclic) bond motifs is 2. The number of aromatic nitrogens is 2. The van der Waals surface area contributed by atoms with Crippen molar-refractivity contribution in [3.8, 4) is 16.3 Å². The molecule has 2 aliphatic heterocycles. The van der Waals surface area contributed by atoms with Crippen molar-refractivity contribution in [2.75, 3.05) is 26.8 Å². The van der Waals surface area contributed by atoms with Gasteiger partial charge in [-0.25, -0.2) is 0 Å². The zero-order chi connectivity index (χ0) is 20.7. The molecule has 0 radical (unpaired) electrons. The number of carbonyl (C=O) groups is 1. The van der Waals surface area contributed by atoms with Crippen LogP contribution in [0.2, 0.25) is 0 Å². The van der Waals surface area contributed by atoms with Crippen molar-refractivity contribution in [3.05, 3.63) is 52.4 Å². The predicted molar refractivity (Wildman–Crippen MR) is 112 cm³/mol. The lowest BCUT2D eigenvalue weighted by molar-refractivity contribution is -0.0926. The van der Waals surface area contributed by atoms with Crippen molar-refractivity contribution in [2.24, 2.45) is 0 Å². The molecule has 8 heteroatoms. The Morgan fingerprint density at radius 3 is 2.77 bits per heavy atom. The fourth-order valence-electron chi connectivity index (χ4n) is 4.30. The lowest BCUT2D eigenvalue weighted by Gasteiger charge is -2.43. The SMILES string of the molecule is COc1ccc(-c2cc3c(s2)CCOC32CCN(C(=O)c3cc(C)on3)CC2)nc1. The molecule has 0 bridgehead atoms. The number of hydrogen-bond acceptors (Lipinski definition) is 7. The molecule has 1 spiro atoms. The second-order valence-corrected chi connectivity index (χ2v) is 8.88. The van der Waals surface area contributed by atoms with Crippen LogP contribution in [0.4, 0.5) is 0 Å². The largest absolute Gasteiger partial charge is 0.495 e. The highest BCUT2D eigenvalue weighted by Gasteiger charge is 2.43. The Labute approximate surface area is 178 Å². The number of thiophene rings is 1. The molecule has 1 fully saturated rings. The molecule has 30 heavy (non-hydrogen) atoms. The van der Waals surface area contributed by atoms with E-state index in [9.17, 15) is 4.79 Å². The summed E-state index contributed by atoms with van der Waals surface area (Å²) in [7, 11) is 1.64. The number of aryl methyl sites for hydroxylation is 1. The number of amides is 1. The Morgan fingerprint density at radius 1 is 1.27 bits per heavy atom. The van der Waals surface area contributed by atoms with Gasteiger partial charge in [0, 0.05) is 30.5 Å². The van der Waals surface area contributed by atoms with Crippen LogP contribution in [0.1, 0.15) is 39.5 Å². The van der Waals surface area contributed by atoms with Crippen LogP contribution >= 0.6 is 11.3 Å². The highest BCUT2D eigenvalue weighted by molar-refractivity contribution is 7.15. The van der Waals surface area contributed by atoms with E-state index in [1.807, 2.05) is 17.0 Å². The summed E-state index contributed by atoms with van der Waals surface area (Å²) < 4.78 is 16.6. The Morgan fingerprint density at radius 2 is 2.10 bits per heavy atom. The van der Waals surface area contributed by atoms with Crippen molar-refractivity contribution in [2.45, 2.75) is 31.8 Å². The zero-order valence-electron chi connectivity index (χ0n) is 17.0. The van der Waals surface area contributed by atoms with E-state index in [2.05, 4.69) is 16.2 Å². The molecule has 1 amide bonds. The number of methoxy groups -OCH3 is 1. The van der Waals surface area contributed by atoms with Crippen LogP contribution in [0, 0.1) is 6.92 Å². The number of likely N-dealkylation sites (tertiary alicyclic amines) is 1. The molecule has 1 saturated heterocycles. The van der Waals surface area contributed by atoms with Gasteiger partial charge in [0.05, 0.1) is 36.1 Å². The molecule has 5 heterocycles. The van der Waals surface area contributed by atoms with Crippen LogP contribution in [0.3, 0.4) is 0 Å². The average molecular weight is 426 g/mol. The lowest BCUT2D eigenvalue weighted by atomic mass is 9.82. The fraction of sp³-hybridized carbons (Fsp3) is 0.409. The van der Waals surface area contributed by atoms with Crippen LogP contribution < -0.4 is 4.74 Å². The van der Waals surface area contributed by atoms with E-state index in [1.54, 1.807) is 37.6 Å². The third kappa shape index (κ3) is 3.30. The van der Waals surface area contributed by atoms with E-state index >= 15 is 0 Å². The first-order valence-corrected chi connectivity index (χ1v) is 10.9. The quantitative estimate of drug-likeness (QED) is 0.635. The molecule has 3 aromatic rings. The second kappa shape index (κ2) is 7.52. The van der Waals surface area contributed by atoms with E-state index in [-0.39, 0.29) is 11.5 Å². The summed E-state index contributed by atoms with van der Waals surface area (Å²) in [6, 6.07) is 7.84. The van der Waals surface area contributed by atoms with E-state index in [0.29, 0.717) is 31.2 Å². The monoisotopic (exact) mass is 425 g/mol. The summed E-state index contributed by atoms with van der Waals surface area (Å²) in [6.45, 7) is 3.77. The van der Waals surface area contributed by atoms with Gasteiger partial charge in [-0.15, -0.1) is 11.3 Å². The summed E-state index contributed by atoms with van der Waals surface area (Å²) in [5.41, 5.74) is 2.25. The molecule has 2 aliphatic rings. The Balaban J connectivity index is 1.37. The number of nitrogens with zero attached hydrogens (tertiary/aromatic N) is 3. The topological polar surface area (TPSA) is 77.7 Å². The van der Waals surface area contributed by atoms with Crippen molar-refractivity contribution in [1.29, 1.82) is 0 Å². The molecule has 5 rings (SSSR count). The van der Waals surface area contributed by atoms with Gasteiger partial charge in [-0.3, -0.25) is 9.78 Å². The van der Waals surface area contributed by atoms with E-state index in [0.717, 1.165) is 35.6 Å². The number of rotatable bonds is 3. The summed E-state index contributed by atoms with van der Waals surface area (Å²) in [5.74, 6) is 1.32. The van der Waals surface area contributed by atoms with Gasteiger partial charge in [-0.05, 0) is 43.5 Å². The maximum atomic E-state index is 12.7. The van der Waals surface area contributed by atoms with Crippen LogP contribution in [0.25, 0.3) is 10.6 Å². The van der Waals surface area contributed by atoms with E-state index < -0.39 is 0 Å². The van der Waals surface area contributed by atoms with Crippen LogP contribution in [-0.4, -0.2) is 47.8 Å². The fourth-order valence-corrected chi connectivity index (χ4v) is 5.51. The standard InChI is InChI=1S/C22H23N3O4S/c1-14-11-18(24-29-14)21(26)25-8-6-22(7-9-25)16-12-20(30-19(16)5-10-28-22)17-4-3-15(27-2)13-23-17/h3-4,11-13H,5-10H2,1-2H3. The van der Waals surface area contributed by atoms with Gasteiger partial charge in [0.15, 0.2) is 5.69 Å². The molecular weight excluding hydrogens is 402 g/mol. The van der Waals surface area contributed by atoms with Crippen molar-refractivity contribution in [1.82, 2.24) is 15.0 Å².